The molecule has 118 valence electrons. The van der Waals surface area contributed by atoms with Crippen molar-refractivity contribution in [2.45, 2.75) is 37.6 Å². The van der Waals surface area contributed by atoms with Gasteiger partial charge in [0, 0.05) is 19.6 Å². The number of likely N-dealkylation sites (tertiary alicyclic amines) is 1. The smallest absolute Gasteiger partial charge is 0.179 e. The molecule has 1 atom stereocenters. The van der Waals surface area contributed by atoms with E-state index in [0.29, 0.717) is 18.0 Å². The third-order valence-corrected chi connectivity index (χ3v) is 5.93. The average Bonchev–Trinajstić information content (AvgIpc) is 2.93. The van der Waals surface area contributed by atoms with E-state index in [4.69, 9.17) is 5.73 Å². The van der Waals surface area contributed by atoms with Crippen molar-refractivity contribution < 1.29 is 8.42 Å². The summed E-state index contributed by atoms with van der Waals surface area (Å²) < 4.78 is 24.8. The van der Waals surface area contributed by atoms with Gasteiger partial charge in [-0.2, -0.15) is 0 Å². The van der Waals surface area contributed by atoms with Crippen molar-refractivity contribution >= 4 is 9.84 Å². The Kier molecular flexibility index (Phi) is 5.79. The summed E-state index contributed by atoms with van der Waals surface area (Å²) in [6, 6.07) is 6.98. The molecule has 2 N–H and O–H groups in total. The van der Waals surface area contributed by atoms with Gasteiger partial charge in [-0.1, -0.05) is 25.5 Å². The highest BCUT2D eigenvalue weighted by Crippen LogP contribution is 2.21. The van der Waals surface area contributed by atoms with E-state index in [2.05, 4.69) is 11.8 Å². The molecule has 0 radical (unpaired) electrons. The summed E-state index contributed by atoms with van der Waals surface area (Å²) in [6.45, 7) is 5.29. The maximum atomic E-state index is 12.4. The lowest BCUT2D eigenvalue weighted by atomic mass is 10.0. The molecule has 0 bridgehead atoms. The van der Waals surface area contributed by atoms with E-state index in [1.807, 2.05) is 6.07 Å². The van der Waals surface area contributed by atoms with E-state index >= 15 is 0 Å². The molecule has 2 rings (SSSR count). The highest BCUT2D eigenvalue weighted by molar-refractivity contribution is 7.91. The molecule has 1 fully saturated rings. The minimum absolute atomic E-state index is 0.194. The van der Waals surface area contributed by atoms with Crippen LogP contribution in [0.25, 0.3) is 0 Å². The molecule has 0 aliphatic carbocycles. The molecule has 0 saturated carbocycles. The molecule has 1 aromatic carbocycles. The Morgan fingerprint density at radius 2 is 2.19 bits per heavy atom. The third-order valence-electron chi connectivity index (χ3n) is 4.24. The van der Waals surface area contributed by atoms with Gasteiger partial charge in [0.25, 0.3) is 0 Å². The summed E-state index contributed by atoms with van der Waals surface area (Å²) in [7, 11) is -3.21. The first-order chi connectivity index (χ1) is 10.0. The second-order valence-electron chi connectivity index (χ2n) is 5.91. The molecule has 4 nitrogen and oxygen atoms in total. The van der Waals surface area contributed by atoms with Crippen molar-refractivity contribution in [1.82, 2.24) is 4.90 Å². The van der Waals surface area contributed by atoms with Crippen LogP contribution in [0, 0.1) is 5.92 Å². The molecule has 1 heterocycles. The number of benzene rings is 1. The van der Waals surface area contributed by atoms with Crippen LogP contribution < -0.4 is 5.73 Å². The van der Waals surface area contributed by atoms with Crippen LogP contribution in [0.3, 0.4) is 0 Å². The average molecular weight is 310 g/mol. The summed E-state index contributed by atoms with van der Waals surface area (Å²) in [4.78, 5) is 2.68. The Bertz CT molecular complexity index is 557. The first-order valence-electron chi connectivity index (χ1n) is 7.79. The quantitative estimate of drug-likeness (QED) is 0.837. The summed E-state index contributed by atoms with van der Waals surface area (Å²) >= 11 is 0. The van der Waals surface area contributed by atoms with Crippen molar-refractivity contribution in [3.05, 3.63) is 29.8 Å². The molecular weight excluding hydrogens is 284 g/mol. The zero-order valence-corrected chi connectivity index (χ0v) is 13.6. The summed E-state index contributed by atoms with van der Waals surface area (Å²) in [5.41, 5.74) is 6.44. The standard InChI is InChI=1S/C16H26N2O2S/c1-2-4-14-7-8-18(13-14)9-10-21(19,20)16-6-3-5-15(11-16)12-17/h3,5-6,11,14H,2,4,7-10,12-13,17H2,1H3. The van der Waals surface area contributed by atoms with E-state index in [1.165, 1.54) is 19.3 Å². The first-order valence-corrected chi connectivity index (χ1v) is 9.44. The summed E-state index contributed by atoms with van der Waals surface area (Å²) in [5.74, 6) is 0.943. The highest BCUT2D eigenvalue weighted by atomic mass is 32.2. The van der Waals surface area contributed by atoms with Crippen LogP contribution in [0.4, 0.5) is 0 Å². The van der Waals surface area contributed by atoms with Crippen LogP contribution in [0.2, 0.25) is 0 Å². The Morgan fingerprint density at radius 3 is 2.90 bits per heavy atom. The molecule has 1 aromatic rings. The second-order valence-corrected chi connectivity index (χ2v) is 8.02. The van der Waals surface area contributed by atoms with Gasteiger partial charge in [0.15, 0.2) is 9.84 Å². The van der Waals surface area contributed by atoms with Crippen molar-refractivity contribution in [3.63, 3.8) is 0 Å². The molecule has 5 heteroatoms. The van der Waals surface area contributed by atoms with Gasteiger partial charge in [0.05, 0.1) is 10.6 Å². The Labute approximate surface area is 128 Å². The normalized spacial score (nSPS) is 20.0. The van der Waals surface area contributed by atoms with E-state index in [9.17, 15) is 8.42 Å². The van der Waals surface area contributed by atoms with Crippen LogP contribution in [0.15, 0.2) is 29.2 Å². The monoisotopic (exact) mass is 310 g/mol. The van der Waals surface area contributed by atoms with Crippen molar-refractivity contribution in [1.29, 1.82) is 0 Å². The Morgan fingerprint density at radius 1 is 1.38 bits per heavy atom. The van der Waals surface area contributed by atoms with Gasteiger partial charge in [0.2, 0.25) is 0 Å². The van der Waals surface area contributed by atoms with Crippen molar-refractivity contribution in [2.75, 3.05) is 25.4 Å². The van der Waals surface area contributed by atoms with Gasteiger partial charge < -0.3 is 10.6 Å². The molecular formula is C16H26N2O2S. The maximum Gasteiger partial charge on any atom is 0.179 e. The summed E-state index contributed by atoms with van der Waals surface area (Å²) in [6.07, 6.45) is 3.67. The lowest BCUT2D eigenvalue weighted by molar-refractivity contribution is 0.338. The van der Waals surface area contributed by atoms with Gasteiger partial charge in [0.1, 0.15) is 0 Å². The van der Waals surface area contributed by atoms with Crippen LogP contribution in [0.5, 0.6) is 0 Å². The van der Waals surface area contributed by atoms with Gasteiger partial charge in [-0.15, -0.1) is 0 Å². The first kappa shape index (κ1) is 16.5. The molecule has 1 unspecified atom stereocenters. The lowest BCUT2D eigenvalue weighted by Crippen LogP contribution is -2.27. The molecule has 1 aliphatic rings. The topological polar surface area (TPSA) is 63.4 Å². The van der Waals surface area contributed by atoms with Gasteiger partial charge in [-0.05, 0) is 43.0 Å². The highest BCUT2D eigenvalue weighted by Gasteiger charge is 2.23. The molecule has 0 aromatic heterocycles. The van der Waals surface area contributed by atoms with E-state index in [1.54, 1.807) is 18.2 Å². The molecule has 0 spiro atoms. The zero-order chi connectivity index (χ0) is 15.3. The van der Waals surface area contributed by atoms with Crippen LogP contribution in [-0.2, 0) is 16.4 Å². The number of nitrogens with zero attached hydrogens (tertiary/aromatic N) is 1. The number of hydrogen-bond donors (Lipinski definition) is 1. The predicted octanol–water partition coefficient (Wildman–Crippen LogP) is 2.04. The zero-order valence-electron chi connectivity index (χ0n) is 12.8. The minimum atomic E-state index is -3.21. The lowest BCUT2D eigenvalue weighted by Gasteiger charge is -2.16. The fourth-order valence-corrected chi connectivity index (χ4v) is 4.34. The SMILES string of the molecule is CCCC1CCN(CCS(=O)(=O)c2cccc(CN)c2)C1. The number of nitrogens with two attached hydrogens (primary N) is 1. The number of sulfone groups is 1. The molecule has 0 amide bonds. The number of rotatable bonds is 7. The largest absolute Gasteiger partial charge is 0.326 e. The second kappa shape index (κ2) is 7.38. The minimum Gasteiger partial charge on any atom is -0.326 e. The van der Waals surface area contributed by atoms with Crippen LogP contribution in [-0.4, -0.2) is 38.7 Å². The van der Waals surface area contributed by atoms with E-state index in [-0.39, 0.29) is 5.75 Å². The predicted molar refractivity (Wildman–Crippen MR) is 85.8 cm³/mol. The van der Waals surface area contributed by atoms with Gasteiger partial charge >= 0.3 is 0 Å². The molecule has 1 saturated heterocycles. The maximum absolute atomic E-state index is 12.4. The van der Waals surface area contributed by atoms with Crippen LogP contribution in [0.1, 0.15) is 31.7 Å². The Hall–Kier alpha value is -0.910. The summed E-state index contributed by atoms with van der Waals surface area (Å²) in [5, 5.41) is 0. The fourth-order valence-electron chi connectivity index (χ4n) is 2.99. The Balaban J connectivity index is 1.92. The van der Waals surface area contributed by atoms with Crippen molar-refractivity contribution in [3.8, 4) is 0 Å². The van der Waals surface area contributed by atoms with Gasteiger partial charge in [-0.25, -0.2) is 8.42 Å². The fraction of sp³-hybridized carbons (Fsp3) is 0.625. The third kappa shape index (κ3) is 4.53. The van der Waals surface area contributed by atoms with Gasteiger partial charge in [-0.3, -0.25) is 0 Å². The van der Waals surface area contributed by atoms with Crippen LogP contribution >= 0.6 is 0 Å². The van der Waals surface area contributed by atoms with E-state index in [0.717, 1.165) is 24.6 Å². The molecule has 1 aliphatic heterocycles. The number of hydrogen-bond acceptors (Lipinski definition) is 4. The molecule has 21 heavy (non-hydrogen) atoms. The van der Waals surface area contributed by atoms with E-state index < -0.39 is 9.84 Å². The van der Waals surface area contributed by atoms with Crippen molar-refractivity contribution in [2.24, 2.45) is 11.7 Å².